The van der Waals surface area contributed by atoms with Crippen LogP contribution in [0.3, 0.4) is 0 Å². The number of carbonyl (C=O) groups is 1. The number of rotatable bonds is 6. The maximum absolute atomic E-state index is 13.3. The van der Waals surface area contributed by atoms with E-state index >= 15 is 0 Å². The molecule has 0 aliphatic carbocycles. The Kier molecular flexibility index (Phi) is 5.38. The van der Waals surface area contributed by atoms with Gasteiger partial charge in [-0.05, 0) is 25.5 Å². The Balaban J connectivity index is 1.75. The lowest BCUT2D eigenvalue weighted by molar-refractivity contribution is 0.0926. The van der Waals surface area contributed by atoms with Crippen LogP contribution in [-0.4, -0.2) is 30.5 Å². The summed E-state index contributed by atoms with van der Waals surface area (Å²) in [5.74, 6) is -0.352. The minimum Gasteiger partial charge on any atom is -0.342 e. The van der Waals surface area contributed by atoms with E-state index in [0.717, 1.165) is 5.56 Å². The van der Waals surface area contributed by atoms with Gasteiger partial charge in [-0.3, -0.25) is 14.3 Å². The molecule has 4 aromatic rings. The fourth-order valence-electron chi connectivity index (χ4n) is 3.38. The molecule has 30 heavy (non-hydrogen) atoms. The first-order chi connectivity index (χ1) is 14.5. The number of fused-ring (bicyclic) bond motifs is 1. The van der Waals surface area contributed by atoms with Gasteiger partial charge >= 0.3 is 0 Å². The first-order valence-corrected chi connectivity index (χ1v) is 9.74. The Hall–Kier alpha value is -3.81. The van der Waals surface area contributed by atoms with Gasteiger partial charge in [0.2, 0.25) is 0 Å². The molecule has 2 aromatic carbocycles. The standard InChI is InChI=1S/C22H22N6O2/c1-15(2)28-22(30)18-11-7-6-10-17(18)20(26-28)21(29)25-19(12-27-14-23-13-24-27)16-8-4-3-5-9-16/h3-11,13-15,19H,12H2,1-2H3,(H,25,29). The van der Waals surface area contributed by atoms with Crippen LogP contribution in [0.2, 0.25) is 0 Å². The average molecular weight is 402 g/mol. The smallest absolute Gasteiger partial charge is 0.274 e. The average Bonchev–Trinajstić information content (AvgIpc) is 3.27. The second-order valence-corrected chi connectivity index (χ2v) is 7.29. The zero-order valence-corrected chi connectivity index (χ0v) is 16.8. The van der Waals surface area contributed by atoms with E-state index in [2.05, 4.69) is 20.5 Å². The summed E-state index contributed by atoms with van der Waals surface area (Å²) < 4.78 is 3.02. The van der Waals surface area contributed by atoms with E-state index in [9.17, 15) is 9.59 Å². The largest absolute Gasteiger partial charge is 0.342 e. The van der Waals surface area contributed by atoms with Gasteiger partial charge in [-0.2, -0.15) is 10.2 Å². The zero-order valence-electron chi connectivity index (χ0n) is 16.8. The molecule has 1 atom stereocenters. The monoisotopic (exact) mass is 402 g/mol. The third-order valence-corrected chi connectivity index (χ3v) is 4.88. The summed E-state index contributed by atoms with van der Waals surface area (Å²) in [5.41, 5.74) is 0.945. The molecule has 0 aliphatic rings. The predicted molar refractivity (Wildman–Crippen MR) is 113 cm³/mol. The third kappa shape index (κ3) is 3.84. The highest BCUT2D eigenvalue weighted by Crippen LogP contribution is 2.18. The normalized spacial score (nSPS) is 12.2. The summed E-state index contributed by atoms with van der Waals surface area (Å²) in [7, 11) is 0. The lowest BCUT2D eigenvalue weighted by atomic mass is 10.1. The van der Waals surface area contributed by atoms with Gasteiger partial charge in [0, 0.05) is 5.39 Å². The second-order valence-electron chi connectivity index (χ2n) is 7.29. The molecule has 0 spiro atoms. The molecule has 0 aliphatic heterocycles. The molecule has 8 nitrogen and oxygen atoms in total. The molecular formula is C22H22N6O2. The van der Waals surface area contributed by atoms with Crippen LogP contribution in [0, 0.1) is 0 Å². The van der Waals surface area contributed by atoms with Crippen molar-refractivity contribution in [3.05, 3.63) is 88.9 Å². The van der Waals surface area contributed by atoms with Crippen LogP contribution in [0.25, 0.3) is 10.8 Å². The van der Waals surface area contributed by atoms with Gasteiger partial charge in [-0.25, -0.2) is 9.67 Å². The van der Waals surface area contributed by atoms with E-state index < -0.39 is 0 Å². The first-order valence-electron chi connectivity index (χ1n) is 9.74. The molecule has 0 saturated carbocycles. The lowest BCUT2D eigenvalue weighted by Gasteiger charge is -2.20. The number of aromatic nitrogens is 5. The Morgan fingerprint density at radius 3 is 2.40 bits per heavy atom. The van der Waals surface area contributed by atoms with E-state index in [0.29, 0.717) is 17.3 Å². The van der Waals surface area contributed by atoms with Gasteiger partial charge in [-0.15, -0.1) is 0 Å². The minimum absolute atomic E-state index is 0.172. The number of carbonyl (C=O) groups excluding carboxylic acids is 1. The molecular weight excluding hydrogens is 380 g/mol. The van der Waals surface area contributed by atoms with Crippen molar-refractivity contribution in [1.82, 2.24) is 29.9 Å². The summed E-state index contributed by atoms with van der Waals surface area (Å²) in [6.45, 7) is 4.14. The quantitative estimate of drug-likeness (QED) is 0.535. The van der Waals surface area contributed by atoms with E-state index in [4.69, 9.17) is 0 Å². The topological polar surface area (TPSA) is 94.7 Å². The Morgan fingerprint density at radius 1 is 1.03 bits per heavy atom. The van der Waals surface area contributed by atoms with Crippen LogP contribution < -0.4 is 10.9 Å². The summed E-state index contributed by atoms with van der Waals surface area (Å²) in [5, 5.41) is 12.6. The van der Waals surface area contributed by atoms with Crippen molar-refractivity contribution in [2.24, 2.45) is 0 Å². The third-order valence-electron chi connectivity index (χ3n) is 4.88. The molecule has 8 heteroatoms. The summed E-state index contributed by atoms with van der Waals surface area (Å²) in [4.78, 5) is 30.0. The zero-order chi connectivity index (χ0) is 21.1. The molecule has 152 valence electrons. The highest BCUT2D eigenvalue weighted by Gasteiger charge is 2.22. The molecule has 2 aromatic heterocycles. The molecule has 1 amide bonds. The molecule has 2 heterocycles. The molecule has 4 rings (SSSR count). The Bertz CT molecular complexity index is 1220. The van der Waals surface area contributed by atoms with Crippen molar-refractivity contribution in [2.75, 3.05) is 0 Å². The molecule has 1 unspecified atom stereocenters. The maximum Gasteiger partial charge on any atom is 0.274 e. The van der Waals surface area contributed by atoms with Crippen LogP contribution in [0.5, 0.6) is 0 Å². The molecule has 0 bridgehead atoms. The first kappa shape index (κ1) is 19.5. The second kappa shape index (κ2) is 8.28. The van der Waals surface area contributed by atoms with Gasteiger partial charge in [0.1, 0.15) is 12.7 Å². The SMILES string of the molecule is CC(C)n1nc(C(=O)NC(Cn2cncn2)c2ccccc2)c2ccccc2c1=O. The van der Waals surface area contributed by atoms with Crippen LogP contribution in [0.4, 0.5) is 0 Å². The van der Waals surface area contributed by atoms with Gasteiger partial charge in [0.15, 0.2) is 5.69 Å². The van der Waals surface area contributed by atoms with Crippen LogP contribution in [0.15, 0.2) is 72.0 Å². The van der Waals surface area contributed by atoms with Crippen molar-refractivity contribution < 1.29 is 4.79 Å². The van der Waals surface area contributed by atoms with Gasteiger partial charge in [0.05, 0.1) is 24.0 Å². The lowest BCUT2D eigenvalue weighted by Crippen LogP contribution is -2.35. The number of amides is 1. The van der Waals surface area contributed by atoms with Crippen LogP contribution in [-0.2, 0) is 6.54 Å². The van der Waals surface area contributed by atoms with E-state index in [-0.39, 0.29) is 29.2 Å². The summed E-state index contributed by atoms with van der Waals surface area (Å²) in [6, 6.07) is 16.2. The minimum atomic E-state index is -0.352. The molecule has 0 fully saturated rings. The molecule has 0 radical (unpaired) electrons. The Morgan fingerprint density at radius 2 is 1.73 bits per heavy atom. The van der Waals surface area contributed by atoms with Gasteiger partial charge < -0.3 is 5.32 Å². The van der Waals surface area contributed by atoms with Gasteiger partial charge in [-0.1, -0.05) is 48.5 Å². The van der Waals surface area contributed by atoms with Crippen molar-refractivity contribution in [1.29, 1.82) is 0 Å². The fourth-order valence-corrected chi connectivity index (χ4v) is 3.38. The van der Waals surface area contributed by atoms with Crippen LogP contribution >= 0.6 is 0 Å². The van der Waals surface area contributed by atoms with Crippen LogP contribution in [0.1, 0.15) is 42.0 Å². The fraction of sp³-hybridized carbons (Fsp3) is 0.227. The van der Waals surface area contributed by atoms with Gasteiger partial charge in [0.25, 0.3) is 11.5 Å². The number of hydrogen-bond donors (Lipinski definition) is 1. The van der Waals surface area contributed by atoms with E-state index in [1.807, 2.05) is 44.2 Å². The summed E-state index contributed by atoms with van der Waals surface area (Å²) in [6.07, 6.45) is 3.06. The molecule has 1 N–H and O–H groups in total. The number of benzene rings is 2. The highest BCUT2D eigenvalue weighted by atomic mass is 16.2. The van der Waals surface area contributed by atoms with E-state index in [1.54, 1.807) is 35.3 Å². The van der Waals surface area contributed by atoms with E-state index in [1.165, 1.54) is 11.0 Å². The Labute approximate surface area is 173 Å². The molecule has 0 saturated heterocycles. The predicted octanol–water partition coefficient (Wildman–Crippen LogP) is 2.74. The highest BCUT2D eigenvalue weighted by molar-refractivity contribution is 6.04. The number of nitrogens with zero attached hydrogens (tertiary/aromatic N) is 5. The van der Waals surface area contributed by atoms with Crippen molar-refractivity contribution >= 4 is 16.7 Å². The maximum atomic E-state index is 13.3. The van der Waals surface area contributed by atoms with Crippen molar-refractivity contribution in [3.63, 3.8) is 0 Å². The van der Waals surface area contributed by atoms with Crippen molar-refractivity contribution in [3.8, 4) is 0 Å². The summed E-state index contributed by atoms with van der Waals surface area (Å²) >= 11 is 0. The number of nitrogens with one attached hydrogen (secondary N) is 1. The van der Waals surface area contributed by atoms with Crippen molar-refractivity contribution in [2.45, 2.75) is 32.5 Å². The number of hydrogen-bond acceptors (Lipinski definition) is 5.